The van der Waals surface area contributed by atoms with Crippen LogP contribution in [-0.4, -0.2) is 21.3 Å². The molecule has 0 amide bonds. The van der Waals surface area contributed by atoms with E-state index >= 15 is 0 Å². The van der Waals surface area contributed by atoms with Crippen molar-refractivity contribution in [2.75, 3.05) is 6.54 Å². The van der Waals surface area contributed by atoms with Crippen molar-refractivity contribution in [1.82, 2.24) is 20.1 Å². The van der Waals surface area contributed by atoms with Crippen LogP contribution in [-0.2, 0) is 13.0 Å². The third-order valence-corrected chi connectivity index (χ3v) is 3.51. The van der Waals surface area contributed by atoms with Gasteiger partial charge in [0, 0.05) is 29.6 Å². The summed E-state index contributed by atoms with van der Waals surface area (Å²) >= 11 is 6.15. The molecule has 0 fully saturated rings. The van der Waals surface area contributed by atoms with Crippen molar-refractivity contribution in [1.29, 1.82) is 0 Å². The van der Waals surface area contributed by atoms with Gasteiger partial charge in [0.1, 0.15) is 18.0 Å². The van der Waals surface area contributed by atoms with Gasteiger partial charge in [0.2, 0.25) is 0 Å². The van der Waals surface area contributed by atoms with E-state index < -0.39 is 0 Å². The van der Waals surface area contributed by atoms with Gasteiger partial charge in [-0.2, -0.15) is 5.10 Å². The van der Waals surface area contributed by atoms with Crippen LogP contribution < -0.4 is 5.32 Å². The number of benzene rings is 1. The maximum Gasteiger partial charge on any atom is 0.138 e. The Balaban J connectivity index is 2.32. The number of aromatic nitrogens is 3. The van der Waals surface area contributed by atoms with Gasteiger partial charge in [0.25, 0.3) is 0 Å². The summed E-state index contributed by atoms with van der Waals surface area (Å²) in [6, 6.07) is 4.52. The molecule has 0 radical (unpaired) electrons. The van der Waals surface area contributed by atoms with Crippen molar-refractivity contribution in [3.8, 4) is 0 Å². The van der Waals surface area contributed by atoms with E-state index in [9.17, 15) is 4.39 Å². The number of hydrogen-bond acceptors (Lipinski definition) is 3. The normalized spacial score (nSPS) is 12.6. The van der Waals surface area contributed by atoms with E-state index in [0.29, 0.717) is 17.0 Å². The maximum atomic E-state index is 14.1. The van der Waals surface area contributed by atoms with Crippen molar-refractivity contribution >= 4 is 11.6 Å². The van der Waals surface area contributed by atoms with Gasteiger partial charge in [0.05, 0.1) is 0 Å². The highest BCUT2D eigenvalue weighted by atomic mass is 35.5. The molecule has 1 unspecified atom stereocenters. The third-order valence-electron chi connectivity index (χ3n) is 3.18. The number of rotatable bonds is 6. The molecule has 0 aliphatic carbocycles. The summed E-state index contributed by atoms with van der Waals surface area (Å²) in [5.74, 6) is 0.517. The molecule has 2 aromatic rings. The molecule has 108 valence electrons. The average molecular weight is 297 g/mol. The van der Waals surface area contributed by atoms with Crippen LogP contribution in [0.5, 0.6) is 0 Å². The lowest BCUT2D eigenvalue weighted by Gasteiger charge is -2.20. The smallest absolute Gasteiger partial charge is 0.138 e. The largest absolute Gasteiger partial charge is 0.310 e. The molecular weight excluding hydrogens is 279 g/mol. The fourth-order valence-electron chi connectivity index (χ4n) is 2.26. The Hall–Kier alpha value is -1.46. The SMILES string of the molecule is CCNC(Cc1ncnn1CC)c1c(F)cccc1Cl. The number of likely N-dealkylation sites (N-methyl/N-ethyl adjacent to an activating group) is 1. The Bertz CT molecular complexity index is 550. The van der Waals surface area contributed by atoms with Gasteiger partial charge < -0.3 is 5.32 Å². The van der Waals surface area contributed by atoms with Gasteiger partial charge in [0.15, 0.2) is 0 Å². The predicted octanol–water partition coefficient (Wildman–Crippen LogP) is 2.98. The minimum absolute atomic E-state index is 0.219. The number of hydrogen-bond donors (Lipinski definition) is 1. The second-order valence-corrected chi connectivity index (χ2v) is 4.85. The van der Waals surface area contributed by atoms with E-state index in [2.05, 4.69) is 15.4 Å². The van der Waals surface area contributed by atoms with Gasteiger partial charge in [-0.05, 0) is 25.6 Å². The topological polar surface area (TPSA) is 42.7 Å². The van der Waals surface area contributed by atoms with E-state index in [1.807, 2.05) is 13.8 Å². The molecule has 4 nitrogen and oxygen atoms in total. The monoisotopic (exact) mass is 296 g/mol. The van der Waals surface area contributed by atoms with Gasteiger partial charge in [-0.25, -0.2) is 9.37 Å². The van der Waals surface area contributed by atoms with Gasteiger partial charge >= 0.3 is 0 Å². The zero-order chi connectivity index (χ0) is 14.5. The summed E-state index contributed by atoms with van der Waals surface area (Å²) in [6.45, 7) is 5.43. The maximum absolute atomic E-state index is 14.1. The number of nitrogens with zero attached hydrogens (tertiary/aromatic N) is 3. The van der Waals surface area contributed by atoms with Gasteiger partial charge in [-0.3, -0.25) is 4.68 Å². The van der Waals surface area contributed by atoms with Gasteiger partial charge in [-0.15, -0.1) is 0 Å². The first-order valence-corrected chi connectivity index (χ1v) is 7.09. The van der Waals surface area contributed by atoms with Crippen LogP contribution in [0.2, 0.25) is 5.02 Å². The summed E-state index contributed by atoms with van der Waals surface area (Å²) in [5, 5.41) is 7.83. The van der Waals surface area contributed by atoms with Crippen LogP contribution in [0.3, 0.4) is 0 Å². The second-order valence-electron chi connectivity index (χ2n) is 4.44. The Labute approximate surface area is 123 Å². The quantitative estimate of drug-likeness (QED) is 0.891. The molecule has 0 spiro atoms. The first-order valence-electron chi connectivity index (χ1n) is 6.71. The fourth-order valence-corrected chi connectivity index (χ4v) is 2.55. The van der Waals surface area contributed by atoms with Gasteiger partial charge in [-0.1, -0.05) is 24.6 Å². The van der Waals surface area contributed by atoms with E-state index in [1.54, 1.807) is 16.8 Å². The summed E-state index contributed by atoms with van der Waals surface area (Å²) in [4.78, 5) is 4.24. The first kappa shape index (κ1) is 14.9. The molecule has 0 saturated heterocycles. The Morgan fingerprint density at radius 1 is 1.40 bits per heavy atom. The number of aryl methyl sites for hydroxylation is 1. The molecule has 1 aromatic carbocycles. The molecule has 2 rings (SSSR count). The van der Waals surface area contributed by atoms with Crippen LogP contribution in [0.15, 0.2) is 24.5 Å². The molecule has 0 aliphatic rings. The van der Waals surface area contributed by atoms with E-state index in [4.69, 9.17) is 11.6 Å². The molecule has 1 heterocycles. The molecule has 6 heteroatoms. The van der Waals surface area contributed by atoms with Crippen molar-refractivity contribution in [3.63, 3.8) is 0 Å². The van der Waals surface area contributed by atoms with Crippen molar-refractivity contribution in [2.45, 2.75) is 32.9 Å². The summed E-state index contributed by atoms with van der Waals surface area (Å²) in [6.07, 6.45) is 2.06. The minimum atomic E-state index is -0.300. The molecule has 0 saturated carbocycles. The highest BCUT2D eigenvalue weighted by Crippen LogP contribution is 2.27. The van der Waals surface area contributed by atoms with Crippen LogP contribution >= 0.6 is 11.6 Å². The lowest BCUT2D eigenvalue weighted by molar-refractivity contribution is 0.485. The number of nitrogens with one attached hydrogen (secondary N) is 1. The Kier molecular flexibility index (Phi) is 5.09. The van der Waals surface area contributed by atoms with Crippen LogP contribution in [0.4, 0.5) is 4.39 Å². The lowest BCUT2D eigenvalue weighted by Crippen LogP contribution is -2.25. The summed E-state index contributed by atoms with van der Waals surface area (Å²) < 4.78 is 15.9. The summed E-state index contributed by atoms with van der Waals surface area (Å²) in [5.41, 5.74) is 0.488. The van der Waals surface area contributed by atoms with E-state index in [1.165, 1.54) is 12.4 Å². The van der Waals surface area contributed by atoms with E-state index in [0.717, 1.165) is 18.9 Å². The second kappa shape index (κ2) is 6.81. The molecule has 0 aliphatic heterocycles. The van der Waals surface area contributed by atoms with Crippen LogP contribution in [0, 0.1) is 5.82 Å². The average Bonchev–Trinajstić information content (AvgIpc) is 2.86. The zero-order valence-corrected chi connectivity index (χ0v) is 12.4. The fraction of sp³-hybridized carbons (Fsp3) is 0.429. The van der Waals surface area contributed by atoms with Crippen LogP contribution in [0.1, 0.15) is 31.3 Å². The lowest BCUT2D eigenvalue weighted by atomic mass is 10.0. The third kappa shape index (κ3) is 3.16. The van der Waals surface area contributed by atoms with Crippen molar-refractivity contribution in [3.05, 3.63) is 46.8 Å². The minimum Gasteiger partial charge on any atom is -0.310 e. The molecule has 20 heavy (non-hydrogen) atoms. The van der Waals surface area contributed by atoms with Crippen LogP contribution in [0.25, 0.3) is 0 Å². The highest BCUT2D eigenvalue weighted by molar-refractivity contribution is 6.31. The Morgan fingerprint density at radius 2 is 2.20 bits per heavy atom. The highest BCUT2D eigenvalue weighted by Gasteiger charge is 2.20. The molecule has 1 aromatic heterocycles. The standard InChI is InChI=1S/C14H18ClFN4/c1-3-17-12(8-13-18-9-19-20(13)4-2)14-10(15)6-5-7-11(14)16/h5-7,9,12,17H,3-4,8H2,1-2H3. The molecule has 0 bridgehead atoms. The molecule has 1 N–H and O–H groups in total. The van der Waals surface area contributed by atoms with Crippen molar-refractivity contribution < 1.29 is 4.39 Å². The molecular formula is C14H18ClFN4. The zero-order valence-electron chi connectivity index (χ0n) is 11.6. The summed E-state index contributed by atoms with van der Waals surface area (Å²) in [7, 11) is 0. The van der Waals surface area contributed by atoms with E-state index in [-0.39, 0.29) is 11.9 Å². The first-order chi connectivity index (χ1) is 9.67. The molecule has 1 atom stereocenters. The Morgan fingerprint density at radius 3 is 2.85 bits per heavy atom. The number of halogens is 2. The van der Waals surface area contributed by atoms with Crippen molar-refractivity contribution in [2.24, 2.45) is 0 Å². The predicted molar refractivity (Wildman–Crippen MR) is 77.2 cm³/mol.